The van der Waals surface area contributed by atoms with Crippen LogP contribution in [0.5, 0.6) is 0 Å². The second-order valence-corrected chi connectivity index (χ2v) is 4.86. The molecule has 0 saturated carbocycles. The van der Waals surface area contributed by atoms with Crippen LogP contribution in [0.25, 0.3) is 12.2 Å². The van der Waals surface area contributed by atoms with Gasteiger partial charge in [0.15, 0.2) is 0 Å². The number of benzene rings is 1. The highest BCUT2D eigenvalue weighted by Gasteiger charge is 2.12. The third-order valence-electron chi connectivity index (χ3n) is 2.95. The molecular weight excluding hydrogens is 324 g/mol. The Kier molecular flexibility index (Phi) is 6.30. The van der Waals surface area contributed by atoms with E-state index in [-0.39, 0.29) is 5.70 Å². The van der Waals surface area contributed by atoms with Crippen LogP contribution in [0.2, 0.25) is 0 Å². The lowest BCUT2D eigenvalue weighted by molar-refractivity contribution is -0.303. The molecular formula is C18H15N2O5-. The number of carbonyl (C=O) groups is 3. The molecule has 0 aliphatic rings. The van der Waals surface area contributed by atoms with Crippen LogP contribution in [0, 0.1) is 0 Å². The number of hydrogen-bond donors (Lipinski definition) is 2. The molecule has 0 unspecified atom stereocenters. The third kappa shape index (κ3) is 6.19. The van der Waals surface area contributed by atoms with Crippen molar-refractivity contribution < 1.29 is 23.9 Å². The van der Waals surface area contributed by atoms with Gasteiger partial charge >= 0.3 is 0 Å². The molecule has 128 valence electrons. The lowest BCUT2D eigenvalue weighted by atomic mass is 10.2. The number of aliphatic carboxylic acids is 1. The molecule has 0 saturated heterocycles. The van der Waals surface area contributed by atoms with E-state index in [0.29, 0.717) is 5.76 Å². The van der Waals surface area contributed by atoms with E-state index in [1.165, 1.54) is 18.4 Å². The van der Waals surface area contributed by atoms with Crippen LogP contribution in [-0.4, -0.2) is 24.3 Å². The molecule has 25 heavy (non-hydrogen) atoms. The molecule has 1 heterocycles. The summed E-state index contributed by atoms with van der Waals surface area (Å²) in [5, 5.41) is 15.0. The van der Waals surface area contributed by atoms with Crippen LogP contribution >= 0.6 is 0 Å². The maximum absolute atomic E-state index is 12.0. The second kappa shape index (κ2) is 8.88. The Hall–Kier alpha value is -3.61. The number of carboxylic acids is 1. The first-order valence-corrected chi connectivity index (χ1v) is 7.32. The van der Waals surface area contributed by atoms with Crippen molar-refractivity contribution in [2.24, 2.45) is 0 Å². The SMILES string of the molecule is O=C([O-])CNC(=O)/C(=C\c1ccco1)NC(=O)/C=C/c1ccccc1. The normalized spacial score (nSPS) is 11.3. The Morgan fingerprint density at radius 2 is 1.84 bits per heavy atom. The van der Waals surface area contributed by atoms with Crippen LogP contribution in [0.3, 0.4) is 0 Å². The van der Waals surface area contributed by atoms with Crippen molar-refractivity contribution in [2.75, 3.05) is 6.54 Å². The van der Waals surface area contributed by atoms with Crippen molar-refractivity contribution in [3.63, 3.8) is 0 Å². The predicted octanol–water partition coefficient (Wildman–Crippen LogP) is 0.316. The van der Waals surface area contributed by atoms with E-state index in [1.54, 1.807) is 18.2 Å². The van der Waals surface area contributed by atoms with Crippen LogP contribution in [0.15, 0.2) is 64.9 Å². The van der Waals surface area contributed by atoms with Crippen molar-refractivity contribution >= 4 is 29.9 Å². The van der Waals surface area contributed by atoms with Crippen molar-refractivity contribution in [1.82, 2.24) is 10.6 Å². The summed E-state index contributed by atoms with van der Waals surface area (Å²) in [7, 11) is 0. The molecule has 2 aromatic rings. The van der Waals surface area contributed by atoms with E-state index in [4.69, 9.17) is 4.42 Å². The number of rotatable bonds is 7. The lowest BCUT2D eigenvalue weighted by Crippen LogP contribution is -2.41. The fourth-order valence-corrected chi connectivity index (χ4v) is 1.83. The van der Waals surface area contributed by atoms with Gasteiger partial charge in [-0.2, -0.15) is 0 Å². The van der Waals surface area contributed by atoms with Crippen molar-refractivity contribution in [2.45, 2.75) is 0 Å². The minimum atomic E-state index is -1.44. The standard InChI is InChI=1S/C18H16N2O5/c21-16(9-8-13-5-2-1-3-6-13)20-15(11-14-7-4-10-25-14)18(24)19-12-17(22)23/h1-11H,12H2,(H,19,24)(H,20,21)(H,22,23)/p-1/b9-8+,15-11+. The van der Waals surface area contributed by atoms with Gasteiger partial charge in [-0.3, -0.25) is 9.59 Å². The monoisotopic (exact) mass is 339 g/mol. The van der Waals surface area contributed by atoms with Crippen molar-refractivity contribution in [1.29, 1.82) is 0 Å². The van der Waals surface area contributed by atoms with E-state index in [0.717, 1.165) is 5.56 Å². The number of nitrogens with one attached hydrogen (secondary N) is 2. The van der Waals surface area contributed by atoms with Crippen LogP contribution in [0.4, 0.5) is 0 Å². The van der Waals surface area contributed by atoms with Gasteiger partial charge in [-0.05, 0) is 23.8 Å². The Morgan fingerprint density at radius 3 is 2.48 bits per heavy atom. The molecule has 7 nitrogen and oxygen atoms in total. The maximum atomic E-state index is 12.0. The Bertz CT molecular complexity index is 792. The molecule has 0 aliphatic heterocycles. The van der Waals surface area contributed by atoms with Gasteiger partial charge in [0.05, 0.1) is 18.8 Å². The maximum Gasteiger partial charge on any atom is 0.268 e. The highest BCUT2D eigenvalue weighted by atomic mass is 16.4. The van der Waals surface area contributed by atoms with Gasteiger partial charge in [0.1, 0.15) is 11.5 Å². The Labute approximate surface area is 143 Å². The fraction of sp³-hybridized carbons (Fsp3) is 0.0556. The van der Waals surface area contributed by atoms with E-state index in [2.05, 4.69) is 10.6 Å². The topological polar surface area (TPSA) is 111 Å². The van der Waals surface area contributed by atoms with Crippen molar-refractivity contribution in [3.8, 4) is 0 Å². The van der Waals surface area contributed by atoms with Gasteiger partial charge in [0.2, 0.25) is 5.91 Å². The predicted molar refractivity (Wildman–Crippen MR) is 88.3 cm³/mol. The molecule has 0 atom stereocenters. The van der Waals surface area contributed by atoms with Crippen LogP contribution in [-0.2, 0) is 14.4 Å². The first-order chi connectivity index (χ1) is 12.0. The van der Waals surface area contributed by atoms with Crippen molar-refractivity contribution in [3.05, 3.63) is 71.8 Å². The molecule has 0 fully saturated rings. The molecule has 1 aromatic carbocycles. The number of amides is 2. The lowest BCUT2D eigenvalue weighted by Gasteiger charge is -2.09. The number of furan rings is 1. The number of carbonyl (C=O) groups excluding carboxylic acids is 3. The largest absolute Gasteiger partial charge is 0.548 e. The van der Waals surface area contributed by atoms with E-state index < -0.39 is 24.3 Å². The summed E-state index contributed by atoms with van der Waals surface area (Å²) >= 11 is 0. The smallest absolute Gasteiger partial charge is 0.268 e. The molecule has 0 bridgehead atoms. The van der Waals surface area contributed by atoms with E-state index in [1.807, 2.05) is 30.3 Å². The number of carboxylic acid groups (broad SMARTS) is 1. The van der Waals surface area contributed by atoms with Crippen LogP contribution < -0.4 is 15.7 Å². The summed E-state index contributed by atoms with van der Waals surface area (Å²) in [5.74, 6) is -2.45. The number of hydrogen-bond acceptors (Lipinski definition) is 5. The first-order valence-electron chi connectivity index (χ1n) is 7.32. The fourth-order valence-electron chi connectivity index (χ4n) is 1.83. The molecule has 2 amide bonds. The molecule has 2 rings (SSSR count). The zero-order valence-corrected chi connectivity index (χ0v) is 13.1. The second-order valence-electron chi connectivity index (χ2n) is 4.86. The summed E-state index contributed by atoms with van der Waals surface area (Å²) in [5.41, 5.74) is 0.662. The van der Waals surface area contributed by atoms with Gasteiger partial charge in [-0.1, -0.05) is 30.3 Å². The molecule has 2 N–H and O–H groups in total. The molecule has 0 spiro atoms. The minimum Gasteiger partial charge on any atom is -0.548 e. The van der Waals surface area contributed by atoms with Gasteiger partial charge in [0.25, 0.3) is 5.91 Å². The zero-order chi connectivity index (χ0) is 18.1. The highest BCUT2D eigenvalue weighted by Crippen LogP contribution is 2.06. The molecule has 0 radical (unpaired) electrons. The average molecular weight is 339 g/mol. The highest BCUT2D eigenvalue weighted by molar-refractivity contribution is 6.04. The summed E-state index contributed by atoms with van der Waals surface area (Å²) in [6.07, 6.45) is 5.54. The summed E-state index contributed by atoms with van der Waals surface area (Å²) < 4.78 is 5.10. The Morgan fingerprint density at radius 1 is 1.08 bits per heavy atom. The van der Waals surface area contributed by atoms with E-state index >= 15 is 0 Å². The molecule has 7 heteroatoms. The first kappa shape index (κ1) is 17.7. The summed E-state index contributed by atoms with van der Waals surface area (Å²) in [6, 6.07) is 12.3. The average Bonchev–Trinajstić information content (AvgIpc) is 3.11. The zero-order valence-electron chi connectivity index (χ0n) is 13.1. The quantitative estimate of drug-likeness (QED) is 0.706. The van der Waals surface area contributed by atoms with Gasteiger partial charge in [-0.25, -0.2) is 0 Å². The van der Waals surface area contributed by atoms with Gasteiger partial charge in [-0.15, -0.1) is 0 Å². The van der Waals surface area contributed by atoms with E-state index in [9.17, 15) is 19.5 Å². The summed E-state index contributed by atoms with van der Waals surface area (Å²) in [4.78, 5) is 34.5. The summed E-state index contributed by atoms with van der Waals surface area (Å²) in [6.45, 7) is -0.677. The third-order valence-corrected chi connectivity index (χ3v) is 2.95. The van der Waals surface area contributed by atoms with Crippen LogP contribution in [0.1, 0.15) is 11.3 Å². The van der Waals surface area contributed by atoms with Gasteiger partial charge < -0.3 is 25.0 Å². The minimum absolute atomic E-state index is 0.154. The van der Waals surface area contributed by atoms with Gasteiger partial charge in [0, 0.05) is 12.2 Å². The molecule has 0 aliphatic carbocycles. The molecule has 1 aromatic heterocycles. The Balaban J connectivity index is 2.09.